The van der Waals surface area contributed by atoms with Gasteiger partial charge in [-0.05, 0) is 44.4 Å². The lowest BCUT2D eigenvalue weighted by Gasteiger charge is -2.07. The molecule has 1 aromatic carbocycles. The fraction of sp³-hybridized carbons (Fsp3) is 0.562. The van der Waals surface area contributed by atoms with Crippen molar-refractivity contribution in [1.29, 1.82) is 0 Å². The summed E-state index contributed by atoms with van der Waals surface area (Å²) in [5, 5.41) is 3.54. The molecule has 1 heterocycles. The van der Waals surface area contributed by atoms with Gasteiger partial charge < -0.3 is 9.88 Å². The van der Waals surface area contributed by atoms with Crippen LogP contribution in [0.15, 0.2) is 24.3 Å². The highest BCUT2D eigenvalue weighted by molar-refractivity contribution is 5.75. The molecule has 19 heavy (non-hydrogen) atoms. The number of hydrogen-bond donors (Lipinski definition) is 1. The number of hydrogen-bond acceptors (Lipinski definition) is 2. The molecule has 0 radical (unpaired) electrons. The highest BCUT2D eigenvalue weighted by atomic mass is 15.1. The molecule has 0 atom stereocenters. The molecule has 1 N–H and O–H groups in total. The van der Waals surface area contributed by atoms with E-state index in [2.05, 4.69) is 41.1 Å². The van der Waals surface area contributed by atoms with E-state index in [9.17, 15) is 0 Å². The fourth-order valence-corrected chi connectivity index (χ4v) is 2.74. The molecular weight excluding hydrogens is 234 g/mol. The fourth-order valence-electron chi connectivity index (χ4n) is 2.74. The highest BCUT2D eigenvalue weighted by Crippen LogP contribution is 2.33. The lowest BCUT2D eigenvalue weighted by molar-refractivity contribution is 0.570. The van der Waals surface area contributed by atoms with Crippen LogP contribution in [0.25, 0.3) is 11.0 Å². The van der Waals surface area contributed by atoms with Crippen molar-refractivity contribution in [1.82, 2.24) is 14.9 Å². The lowest BCUT2D eigenvalue weighted by Crippen LogP contribution is -2.18. The van der Waals surface area contributed by atoms with Crippen molar-refractivity contribution >= 4 is 11.0 Å². The van der Waals surface area contributed by atoms with E-state index >= 15 is 0 Å². The predicted octanol–water partition coefficient (Wildman–Crippen LogP) is 3.34. The van der Waals surface area contributed by atoms with E-state index in [1.165, 1.54) is 31.2 Å². The number of imidazole rings is 1. The van der Waals surface area contributed by atoms with Crippen molar-refractivity contribution in [3.63, 3.8) is 0 Å². The summed E-state index contributed by atoms with van der Waals surface area (Å²) >= 11 is 0. The topological polar surface area (TPSA) is 29.9 Å². The Morgan fingerprint density at radius 3 is 2.95 bits per heavy atom. The first-order chi connectivity index (χ1) is 9.38. The van der Waals surface area contributed by atoms with Crippen molar-refractivity contribution in [2.75, 3.05) is 6.54 Å². The molecule has 1 aromatic heterocycles. The minimum absolute atomic E-state index is 0.882. The molecule has 0 saturated heterocycles. The van der Waals surface area contributed by atoms with Gasteiger partial charge in [0.2, 0.25) is 0 Å². The van der Waals surface area contributed by atoms with Gasteiger partial charge in [0.25, 0.3) is 0 Å². The molecule has 1 aliphatic rings. The van der Waals surface area contributed by atoms with Gasteiger partial charge in [0.1, 0.15) is 5.82 Å². The Labute approximate surface area is 115 Å². The largest absolute Gasteiger partial charge is 0.327 e. The number of nitrogens with zero attached hydrogens (tertiary/aromatic N) is 2. The molecule has 102 valence electrons. The molecule has 3 nitrogen and oxygen atoms in total. The Bertz CT molecular complexity index is 540. The Morgan fingerprint density at radius 1 is 1.32 bits per heavy atom. The van der Waals surface area contributed by atoms with Crippen LogP contribution >= 0.6 is 0 Å². The zero-order chi connectivity index (χ0) is 13.1. The molecule has 0 bridgehead atoms. The van der Waals surface area contributed by atoms with Crippen molar-refractivity contribution in [3.05, 3.63) is 30.1 Å². The third kappa shape index (κ3) is 2.98. The van der Waals surface area contributed by atoms with E-state index in [0.717, 1.165) is 36.9 Å². The van der Waals surface area contributed by atoms with Crippen LogP contribution in [-0.4, -0.2) is 16.1 Å². The molecule has 0 aliphatic heterocycles. The molecular formula is C16H23N3. The maximum absolute atomic E-state index is 4.73. The van der Waals surface area contributed by atoms with E-state index < -0.39 is 0 Å². The standard InChI is InChI=1S/C16H23N3/c1-2-19-15-8-4-3-7-14(15)18-16(19)12-17-11-5-6-13-9-10-13/h3-4,7-8,13,17H,2,5-6,9-12H2,1H3. The SMILES string of the molecule is CCn1c(CNCCCC2CC2)nc2ccccc21. The van der Waals surface area contributed by atoms with Crippen molar-refractivity contribution in [3.8, 4) is 0 Å². The summed E-state index contributed by atoms with van der Waals surface area (Å²) < 4.78 is 2.31. The van der Waals surface area contributed by atoms with Crippen LogP contribution in [0, 0.1) is 5.92 Å². The number of rotatable bonds is 7. The van der Waals surface area contributed by atoms with Crippen LogP contribution in [0.4, 0.5) is 0 Å². The van der Waals surface area contributed by atoms with E-state index in [1.54, 1.807) is 0 Å². The number of aryl methyl sites for hydroxylation is 1. The molecule has 3 heteroatoms. The maximum Gasteiger partial charge on any atom is 0.123 e. The van der Waals surface area contributed by atoms with E-state index in [4.69, 9.17) is 4.98 Å². The number of nitrogens with one attached hydrogen (secondary N) is 1. The summed E-state index contributed by atoms with van der Waals surface area (Å²) in [5.41, 5.74) is 2.36. The first-order valence-electron chi connectivity index (χ1n) is 7.53. The monoisotopic (exact) mass is 257 g/mol. The molecule has 0 spiro atoms. The first kappa shape index (κ1) is 12.7. The Kier molecular flexibility index (Phi) is 3.83. The number of aromatic nitrogens is 2. The lowest BCUT2D eigenvalue weighted by atomic mass is 10.2. The molecule has 0 amide bonds. The van der Waals surface area contributed by atoms with Crippen LogP contribution in [0.5, 0.6) is 0 Å². The Morgan fingerprint density at radius 2 is 2.16 bits per heavy atom. The second-order valence-electron chi connectivity index (χ2n) is 5.52. The van der Waals surface area contributed by atoms with Gasteiger partial charge in [0.15, 0.2) is 0 Å². The number of para-hydroxylation sites is 2. The number of benzene rings is 1. The average Bonchev–Trinajstić information content (AvgIpc) is 3.18. The molecule has 1 fully saturated rings. The summed E-state index contributed by atoms with van der Waals surface area (Å²) in [5.74, 6) is 2.21. The molecule has 0 unspecified atom stereocenters. The van der Waals surface area contributed by atoms with Crippen LogP contribution < -0.4 is 5.32 Å². The molecule has 1 aliphatic carbocycles. The third-order valence-corrected chi connectivity index (χ3v) is 4.00. The predicted molar refractivity (Wildman–Crippen MR) is 79.1 cm³/mol. The van der Waals surface area contributed by atoms with Gasteiger partial charge in [0, 0.05) is 6.54 Å². The quantitative estimate of drug-likeness (QED) is 0.771. The Hall–Kier alpha value is -1.35. The molecule has 1 saturated carbocycles. The van der Waals surface area contributed by atoms with Gasteiger partial charge in [-0.2, -0.15) is 0 Å². The summed E-state index contributed by atoms with van der Waals surface area (Å²) in [7, 11) is 0. The number of fused-ring (bicyclic) bond motifs is 1. The third-order valence-electron chi connectivity index (χ3n) is 4.00. The zero-order valence-corrected chi connectivity index (χ0v) is 11.7. The van der Waals surface area contributed by atoms with Crippen molar-refractivity contribution in [2.24, 2.45) is 5.92 Å². The van der Waals surface area contributed by atoms with E-state index in [0.29, 0.717) is 0 Å². The minimum Gasteiger partial charge on any atom is -0.327 e. The van der Waals surface area contributed by atoms with Crippen molar-refractivity contribution < 1.29 is 0 Å². The van der Waals surface area contributed by atoms with Crippen molar-refractivity contribution in [2.45, 2.75) is 45.7 Å². The van der Waals surface area contributed by atoms with Crippen LogP contribution in [0.1, 0.15) is 38.4 Å². The van der Waals surface area contributed by atoms with Gasteiger partial charge >= 0.3 is 0 Å². The second kappa shape index (κ2) is 5.74. The normalized spacial score (nSPS) is 15.2. The van der Waals surface area contributed by atoms with Gasteiger partial charge in [-0.1, -0.05) is 25.0 Å². The van der Waals surface area contributed by atoms with Crippen LogP contribution in [0.3, 0.4) is 0 Å². The van der Waals surface area contributed by atoms with Gasteiger partial charge in [-0.15, -0.1) is 0 Å². The smallest absolute Gasteiger partial charge is 0.123 e. The molecule has 2 aromatic rings. The van der Waals surface area contributed by atoms with E-state index in [1.807, 2.05) is 0 Å². The first-order valence-corrected chi connectivity index (χ1v) is 7.53. The summed E-state index contributed by atoms with van der Waals surface area (Å²) in [6.07, 6.45) is 5.63. The highest BCUT2D eigenvalue weighted by Gasteiger charge is 2.19. The van der Waals surface area contributed by atoms with Gasteiger partial charge in [-0.3, -0.25) is 0 Å². The zero-order valence-electron chi connectivity index (χ0n) is 11.7. The Balaban J connectivity index is 1.59. The average molecular weight is 257 g/mol. The maximum atomic E-state index is 4.73. The summed E-state index contributed by atoms with van der Waals surface area (Å²) in [6, 6.07) is 8.39. The summed E-state index contributed by atoms with van der Waals surface area (Å²) in [6.45, 7) is 5.17. The van der Waals surface area contributed by atoms with E-state index in [-0.39, 0.29) is 0 Å². The van der Waals surface area contributed by atoms with Gasteiger partial charge in [0.05, 0.1) is 17.6 Å². The second-order valence-corrected chi connectivity index (χ2v) is 5.52. The molecule has 3 rings (SSSR count). The summed E-state index contributed by atoms with van der Waals surface area (Å²) in [4.78, 5) is 4.73. The van der Waals surface area contributed by atoms with Crippen LogP contribution in [0.2, 0.25) is 0 Å². The van der Waals surface area contributed by atoms with Crippen LogP contribution in [-0.2, 0) is 13.1 Å². The van der Waals surface area contributed by atoms with Gasteiger partial charge in [-0.25, -0.2) is 4.98 Å². The minimum atomic E-state index is 0.882.